The van der Waals surface area contributed by atoms with E-state index >= 15 is 0 Å². The second-order valence-corrected chi connectivity index (χ2v) is 4.97. The van der Waals surface area contributed by atoms with Crippen molar-refractivity contribution in [2.24, 2.45) is 0 Å². The molecule has 0 saturated carbocycles. The van der Waals surface area contributed by atoms with E-state index in [0.717, 1.165) is 24.6 Å². The minimum absolute atomic E-state index is 0. The number of ether oxygens (including phenoxy) is 1. The summed E-state index contributed by atoms with van der Waals surface area (Å²) in [5.41, 5.74) is -0.00370. The molecule has 0 heterocycles. The molecule has 0 aliphatic rings. The molecule has 0 aromatic heterocycles. The Kier molecular flexibility index (Phi) is 8.37. The maximum absolute atomic E-state index is 11.5. The summed E-state index contributed by atoms with van der Waals surface area (Å²) in [5, 5.41) is 9.36. The second kappa shape index (κ2) is 8.35. The van der Waals surface area contributed by atoms with Crippen LogP contribution in [0.25, 0.3) is 0 Å². The Bertz CT molecular complexity index is 540. The number of hydrogen-bond donors (Lipinski definition) is 1. The van der Waals surface area contributed by atoms with Gasteiger partial charge in [0.05, 0.1) is 17.1 Å². The SMILES string of the molecule is CCCCOC(=O)c1ccc(S(=O)(=O)[O-])c(O)c1.[K+]. The molecule has 0 fully saturated rings. The van der Waals surface area contributed by atoms with Gasteiger partial charge in [-0.25, -0.2) is 13.2 Å². The summed E-state index contributed by atoms with van der Waals surface area (Å²) in [6.07, 6.45) is 1.58. The van der Waals surface area contributed by atoms with E-state index in [9.17, 15) is 22.9 Å². The van der Waals surface area contributed by atoms with Crippen LogP contribution in [0.5, 0.6) is 5.75 Å². The zero-order valence-corrected chi connectivity index (χ0v) is 14.7. The molecule has 6 nitrogen and oxygen atoms in total. The number of carbonyl (C=O) groups excluding carboxylic acids is 1. The van der Waals surface area contributed by atoms with Crippen molar-refractivity contribution in [3.63, 3.8) is 0 Å². The summed E-state index contributed by atoms with van der Waals surface area (Å²) in [7, 11) is -4.75. The molecule has 0 aliphatic heterocycles. The van der Waals surface area contributed by atoms with E-state index in [4.69, 9.17) is 4.74 Å². The van der Waals surface area contributed by atoms with Crippen LogP contribution in [-0.4, -0.2) is 30.7 Å². The Hall–Kier alpha value is 0.0364. The van der Waals surface area contributed by atoms with E-state index in [1.54, 1.807) is 0 Å². The number of hydrogen-bond acceptors (Lipinski definition) is 6. The summed E-state index contributed by atoms with van der Waals surface area (Å²) >= 11 is 0. The number of phenols is 1. The van der Waals surface area contributed by atoms with Gasteiger partial charge in [0.15, 0.2) is 0 Å². The molecule has 19 heavy (non-hydrogen) atoms. The van der Waals surface area contributed by atoms with E-state index in [1.807, 2.05) is 6.92 Å². The third kappa shape index (κ3) is 5.90. The molecule has 0 unspecified atom stereocenters. The molecule has 0 spiro atoms. The Labute approximate surface area is 154 Å². The normalized spacial score (nSPS) is 10.6. The molecule has 0 amide bonds. The molecule has 0 aliphatic carbocycles. The van der Waals surface area contributed by atoms with Crippen LogP contribution in [0.4, 0.5) is 0 Å². The standard InChI is InChI=1S/C11H14O6S.K/c1-2-3-6-17-11(13)8-4-5-10(9(12)7-8)18(14,15)16;/h4-5,7,12H,2-3,6H2,1H3,(H,14,15,16);/q;+1/p-1. The maximum Gasteiger partial charge on any atom is 1.00 e. The molecule has 8 heteroatoms. The summed E-state index contributed by atoms with van der Waals surface area (Å²) in [6, 6.07) is 2.91. The number of phenolic OH excluding ortho intramolecular Hbond substituents is 1. The zero-order valence-electron chi connectivity index (χ0n) is 10.8. The first-order chi connectivity index (χ1) is 8.36. The van der Waals surface area contributed by atoms with Crippen LogP contribution in [-0.2, 0) is 14.9 Å². The molecular formula is C11H13KO6S. The van der Waals surface area contributed by atoms with Crippen molar-refractivity contribution in [1.29, 1.82) is 0 Å². The third-order valence-corrected chi connectivity index (χ3v) is 3.08. The number of rotatable bonds is 5. The average Bonchev–Trinajstić information content (AvgIpc) is 2.27. The molecule has 0 radical (unpaired) electrons. The largest absolute Gasteiger partial charge is 1.00 e. The van der Waals surface area contributed by atoms with Gasteiger partial charge in [-0.1, -0.05) is 13.3 Å². The number of unbranched alkanes of at least 4 members (excludes halogenated alkanes) is 1. The Morgan fingerprint density at radius 1 is 1.42 bits per heavy atom. The van der Waals surface area contributed by atoms with Crippen LogP contribution in [0.3, 0.4) is 0 Å². The van der Waals surface area contributed by atoms with Gasteiger partial charge in [0, 0.05) is 0 Å². The van der Waals surface area contributed by atoms with Gasteiger partial charge in [-0.15, -0.1) is 0 Å². The molecule has 1 aromatic carbocycles. The number of aromatic hydroxyl groups is 1. The van der Waals surface area contributed by atoms with Crippen molar-refractivity contribution in [1.82, 2.24) is 0 Å². The van der Waals surface area contributed by atoms with E-state index in [-0.39, 0.29) is 63.6 Å². The molecule has 0 bridgehead atoms. The summed E-state index contributed by atoms with van der Waals surface area (Å²) in [4.78, 5) is 10.7. The summed E-state index contributed by atoms with van der Waals surface area (Å²) in [5.74, 6) is -1.43. The number of benzene rings is 1. The number of esters is 1. The van der Waals surface area contributed by atoms with Crippen LogP contribution in [0.1, 0.15) is 30.1 Å². The predicted molar refractivity (Wildman–Crippen MR) is 61.3 cm³/mol. The smallest absolute Gasteiger partial charge is 0.744 e. The zero-order chi connectivity index (χ0) is 13.8. The van der Waals surface area contributed by atoms with Gasteiger partial charge in [-0.3, -0.25) is 0 Å². The van der Waals surface area contributed by atoms with Crippen molar-refractivity contribution >= 4 is 16.1 Å². The fourth-order valence-corrected chi connectivity index (χ4v) is 1.80. The van der Waals surface area contributed by atoms with Gasteiger partial charge in [0.2, 0.25) is 0 Å². The van der Waals surface area contributed by atoms with Gasteiger partial charge in [0.1, 0.15) is 15.9 Å². The quantitative estimate of drug-likeness (QED) is 0.299. The minimum atomic E-state index is -4.75. The minimum Gasteiger partial charge on any atom is -0.744 e. The Morgan fingerprint density at radius 3 is 2.53 bits per heavy atom. The first kappa shape index (κ1) is 19.0. The van der Waals surface area contributed by atoms with Crippen molar-refractivity contribution in [3.8, 4) is 5.75 Å². The molecule has 100 valence electrons. The van der Waals surface area contributed by atoms with Crippen LogP contribution in [0.15, 0.2) is 23.1 Å². The van der Waals surface area contributed by atoms with Gasteiger partial charge in [0.25, 0.3) is 0 Å². The molecule has 1 N–H and O–H groups in total. The van der Waals surface area contributed by atoms with E-state index in [1.165, 1.54) is 0 Å². The van der Waals surface area contributed by atoms with Crippen molar-refractivity contribution in [2.45, 2.75) is 24.7 Å². The monoisotopic (exact) mass is 312 g/mol. The molecule has 1 aromatic rings. The molecule has 0 atom stereocenters. The van der Waals surface area contributed by atoms with Crippen molar-refractivity contribution in [2.75, 3.05) is 6.61 Å². The maximum atomic E-state index is 11.5. The second-order valence-electron chi connectivity index (χ2n) is 3.63. The van der Waals surface area contributed by atoms with E-state index in [0.29, 0.717) is 6.42 Å². The summed E-state index contributed by atoms with van der Waals surface area (Å²) in [6.45, 7) is 2.19. The van der Waals surface area contributed by atoms with Gasteiger partial charge in [-0.05, 0) is 24.6 Å². The van der Waals surface area contributed by atoms with E-state index < -0.39 is 26.7 Å². The van der Waals surface area contributed by atoms with E-state index in [2.05, 4.69) is 0 Å². The number of carbonyl (C=O) groups is 1. The average molecular weight is 312 g/mol. The van der Waals surface area contributed by atoms with Gasteiger partial charge in [-0.2, -0.15) is 0 Å². The fraction of sp³-hybridized carbons (Fsp3) is 0.364. The van der Waals surface area contributed by atoms with Crippen molar-refractivity contribution < 1.29 is 79.0 Å². The topological polar surface area (TPSA) is 104 Å². The predicted octanol–water partition coefficient (Wildman–Crippen LogP) is -1.74. The third-order valence-electron chi connectivity index (χ3n) is 2.20. The molecule has 0 saturated heterocycles. The van der Waals surface area contributed by atoms with Crippen LogP contribution in [0.2, 0.25) is 0 Å². The first-order valence-electron chi connectivity index (χ1n) is 5.32. The Balaban J connectivity index is 0.00000324. The van der Waals surface area contributed by atoms with Crippen LogP contribution >= 0.6 is 0 Å². The van der Waals surface area contributed by atoms with Crippen molar-refractivity contribution in [3.05, 3.63) is 23.8 Å². The van der Waals surface area contributed by atoms with Crippen LogP contribution < -0.4 is 51.4 Å². The molecule has 1 rings (SSSR count). The Morgan fingerprint density at radius 2 is 2.05 bits per heavy atom. The van der Waals surface area contributed by atoms with Gasteiger partial charge < -0.3 is 14.4 Å². The molecular weight excluding hydrogens is 299 g/mol. The van der Waals surface area contributed by atoms with Crippen LogP contribution in [0, 0.1) is 0 Å². The summed E-state index contributed by atoms with van der Waals surface area (Å²) < 4.78 is 37.0. The first-order valence-corrected chi connectivity index (χ1v) is 6.73. The van der Waals surface area contributed by atoms with Gasteiger partial charge >= 0.3 is 57.4 Å². The fourth-order valence-electron chi connectivity index (χ4n) is 1.25.